The molecule has 158 valence electrons. The smallest absolute Gasteiger partial charge is 0.186 e. The van der Waals surface area contributed by atoms with E-state index in [1.54, 1.807) is 19.1 Å². The highest BCUT2D eigenvalue weighted by atomic mass is 16.7. The predicted molar refractivity (Wildman–Crippen MR) is 96.6 cm³/mol. The lowest BCUT2D eigenvalue weighted by atomic mass is 9.59. The highest BCUT2D eigenvalue weighted by Gasteiger charge is 2.52. The van der Waals surface area contributed by atoms with Crippen molar-refractivity contribution in [2.45, 2.75) is 89.1 Å². The van der Waals surface area contributed by atoms with Gasteiger partial charge in [0, 0.05) is 0 Å². The van der Waals surface area contributed by atoms with Crippen LogP contribution in [-0.2, 0) is 9.47 Å². The second-order valence-corrected chi connectivity index (χ2v) is 8.61. The molecule has 0 aromatic rings. The third-order valence-corrected chi connectivity index (χ3v) is 5.99. The summed E-state index contributed by atoms with van der Waals surface area (Å²) in [5.74, 6) is -0.203. The number of aliphatic hydroxyl groups is 6. The van der Waals surface area contributed by atoms with E-state index in [0.717, 1.165) is 0 Å². The molecule has 2 fully saturated rings. The number of rotatable bonds is 5. The van der Waals surface area contributed by atoms with Crippen LogP contribution in [0.25, 0.3) is 0 Å². The monoisotopic (exact) mass is 390 g/mol. The molecule has 0 amide bonds. The Morgan fingerprint density at radius 2 is 1.81 bits per heavy atom. The Morgan fingerprint density at radius 1 is 1.19 bits per heavy atom. The highest BCUT2D eigenvalue weighted by molar-refractivity contribution is 5.15. The van der Waals surface area contributed by atoms with E-state index in [4.69, 9.17) is 9.47 Å². The fraction of sp³-hybridized carbons (Fsp3) is 0.895. The van der Waals surface area contributed by atoms with Gasteiger partial charge in [-0.3, -0.25) is 0 Å². The molecule has 9 unspecified atom stereocenters. The predicted octanol–water partition coefficient (Wildman–Crippen LogP) is -0.704. The van der Waals surface area contributed by atoms with Gasteiger partial charge in [0.25, 0.3) is 0 Å². The van der Waals surface area contributed by atoms with Gasteiger partial charge in [-0.2, -0.15) is 0 Å². The first kappa shape index (κ1) is 22.7. The van der Waals surface area contributed by atoms with Crippen molar-refractivity contribution in [3.63, 3.8) is 0 Å². The highest BCUT2D eigenvalue weighted by Crippen LogP contribution is 2.49. The molecule has 2 aliphatic rings. The summed E-state index contributed by atoms with van der Waals surface area (Å²) >= 11 is 0. The molecule has 6 N–H and O–H groups in total. The van der Waals surface area contributed by atoms with Crippen LogP contribution in [0.15, 0.2) is 12.2 Å². The summed E-state index contributed by atoms with van der Waals surface area (Å²) in [6.07, 6.45) is -3.46. The van der Waals surface area contributed by atoms with Crippen LogP contribution >= 0.6 is 0 Å². The minimum atomic E-state index is -1.49. The molecule has 0 aromatic heterocycles. The van der Waals surface area contributed by atoms with E-state index < -0.39 is 54.4 Å². The Bertz CT molecular complexity index is 520. The molecule has 1 saturated heterocycles. The van der Waals surface area contributed by atoms with Crippen molar-refractivity contribution < 1.29 is 40.1 Å². The zero-order valence-corrected chi connectivity index (χ0v) is 16.4. The molecule has 0 spiro atoms. The van der Waals surface area contributed by atoms with Crippen molar-refractivity contribution in [2.75, 3.05) is 6.61 Å². The summed E-state index contributed by atoms with van der Waals surface area (Å²) in [6.45, 7) is 6.79. The van der Waals surface area contributed by atoms with Crippen molar-refractivity contribution >= 4 is 0 Å². The zero-order valence-electron chi connectivity index (χ0n) is 16.4. The molecule has 1 aliphatic heterocycles. The average molecular weight is 390 g/mol. The average Bonchev–Trinajstić information content (AvgIpc) is 2.58. The molecule has 1 aliphatic carbocycles. The third kappa shape index (κ3) is 4.54. The first-order valence-electron chi connectivity index (χ1n) is 9.48. The largest absolute Gasteiger partial charge is 0.394 e. The van der Waals surface area contributed by atoms with Gasteiger partial charge in [-0.25, -0.2) is 0 Å². The molecule has 9 atom stereocenters. The zero-order chi connectivity index (χ0) is 20.6. The first-order valence-corrected chi connectivity index (χ1v) is 9.48. The Balaban J connectivity index is 2.12. The SMILES string of the molecule is CC(O)C=CC1(O)C(C)CC(OC2OC(CO)C(O)C(O)C2O)CC1(C)C. The van der Waals surface area contributed by atoms with Crippen LogP contribution in [0.1, 0.15) is 40.5 Å². The topological polar surface area (TPSA) is 140 Å². The fourth-order valence-corrected chi connectivity index (χ4v) is 4.21. The number of hydrogen-bond donors (Lipinski definition) is 6. The molecular weight excluding hydrogens is 356 g/mol. The van der Waals surface area contributed by atoms with Crippen molar-refractivity contribution in [3.8, 4) is 0 Å². The molecule has 8 heteroatoms. The van der Waals surface area contributed by atoms with E-state index in [0.29, 0.717) is 12.8 Å². The molecule has 0 bridgehead atoms. The number of hydrogen-bond acceptors (Lipinski definition) is 8. The molecule has 8 nitrogen and oxygen atoms in total. The van der Waals surface area contributed by atoms with E-state index in [1.807, 2.05) is 20.8 Å². The minimum Gasteiger partial charge on any atom is -0.394 e. The Hall–Kier alpha value is -0.580. The van der Waals surface area contributed by atoms with Crippen molar-refractivity contribution in [2.24, 2.45) is 11.3 Å². The van der Waals surface area contributed by atoms with E-state index >= 15 is 0 Å². The molecule has 1 saturated carbocycles. The first-order chi connectivity index (χ1) is 12.4. The maximum Gasteiger partial charge on any atom is 0.186 e. The Morgan fingerprint density at radius 3 is 2.33 bits per heavy atom. The standard InChI is InChI=1S/C19H34O8/c1-10-7-12(8-18(3,4)19(10,25)6-5-11(2)21)26-17-16(24)15(23)14(22)13(9-20)27-17/h5-6,10-17,20-25H,7-9H2,1-4H3. The second kappa shape index (κ2) is 8.42. The van der Waals surface area contributed by atoms with Crippen molar-refractivity contribution in [1.29, 1.82) is 0 Å². The molecule has 1 heterocycles. The van der Waals surface area contributed by atoms with Crippen LogP contribution in [0.3, 0.4) is 0 Å². The molecule has 0 radical (unpaired) electrons. The lowest BCUT2D eigenvalue weighted by Crippen LogP contribution is -2.61. The van der Waals surface area contributed by atoms with Gasteiger partial charge in [-0.1, -0.05) is 32.9 Å². The van der Waals surface area contributed by atoms with Gasteiger partial charge < -0.3 is 40.1 Å². The quantitative estimate of drug-likeness (QED) is 0.339. The third-order valence-electron chi connectivity index (χ3n) is 5.99. The summed E-state index contributed by atoms with van der Waals surface area (Å²) in [4.78, 5) is 0. The Labute approximate surface area is 160 Å². The van der Waals surface area contributed by atoms with E-state index in [-0.39, 0.29) is 12.0 Å². The number of ether oxygens (including phenoxy) is 2. The van der Waals surface area contributed by atoms with Crippen LogP contribution < -0.4 is 0 Å². The summed E-state index contributed by atoms with van der Waals surface area (Å²) in [5, 5.41) is 60.0. The summed E-state index contributed by atoms with van der Waals surface area (Å²) < 4.78 is 11.3. The van der Waals surface area contributed by atoms with E-state index in [9.17, 15) is 30.6 Å². The van der Waals surface area contributed by atoms with E-state index in [1.165, 1.54) is 0 Å². The van der Waals surface area contributed by atoms with Gasteiger partial charge in [0.15, 0.2) is 6.29 Å². The van der Waals surface area contributed by atoms with Crippen LogP contribution in [-0.4, -0.2) is 85.8 Å². The van der Waals surface area contributed by atoms with Crippen molar-refractivity contribution in [3.05, 3.63) is 12.2 Å². The lowest BCUT2D eigenvalue weighted by Gasteiger charge is -2.52. The second-order valence-electron chi connectivity index (χ2n) is 8.61. The van der Waals surface area contributed by atoms with Gasteiger partial charge in [-0.05, 0) is 31.1 Å². The Kier molecular flexibility index (Phi) is 7.08. The van der Waals surface area contributed by atoms with Crippen LogP contribution in [0.2, 0.25) is 0 Å². The van der Waals surface area contributed by atoms with Crippen LogP contribution in [0.4, 0.5) is 0 Å². The maximum absolute atomic E-state index is 11.2. The maximum atomic E-state index is 11.2. The van der Waals surface area contributed by atoms with Crippen LogP contribution in [0, 0.1) is 11.3 Å². The normalized spacial score (nSPS) is 46.5. The number of aliphatic hydroxyl groups excluding tert-OH is 5. The van der Waals surface area contributed by atoms with Gasteiger partial charge in [0.2, 0.25) is 0 Å². The van der Waals surface area contributed by atoms with Crippen LogP contribution in [0.5, 0.6) is 0 Å². The summed E-state index contributed by atoms with van der Waals surface area (Å²) in [7, 11) is 0. The summed E-state index contributed by atoms with van der Waals surface area (Å²) in [6, 6.07) is 0. The molecule has 27 heavy (non-hydrogen) atoms. The van der Waals surface area contributed by atoms with E-state index in [2.05, 4.69) is 0 Å². The van der Waals surface area contributed by atoms with Gasteiger partial charge in [0.1, 0.15) is 24.4 Å². The minimum absolute atomic E-state index is 0.203. The summed E-state index contributed by atoms with van der Waals surface area (Å²) in [5.41, 5.74) is -1.73. The fourth-order valence-electron chi connectivity index (χ4n) is 4.21. The van der Waals surface area contributed by atoms with Gasteiger partial charge >= 0.3 is 0 Å². The van der Waals surface area contributed by atoms with Gasteiger partial charge in [-0.15, -0.1) is 0 Å². The van der Waals surface area contributed by atoms with Crippen molar-refractivity contribution in [1.82, 2.24) is 0 Å². The molecule has 2 rings (SSSR count). The molecular formula is C19H34O8. The van der Waals surface area contributed by atoms with Gasteiger partial charge in [0.05, 0.1) is 24.4 Å². The molecule has 0 aromatic carbocycles. The lowest BCUT2D eigenvalue weighted by molar-refractivity contribution is -0.319.